The van der Waals surface area contributed by atoms with E-state index >= 15 is 0 Å². The molecule has 0 amide bonds. The van der Waals surface area contributed by atoms with E-state index in [9.17, 15) is 4.39 Å². The fraction of sp³-hybridized carbons (Fsp3) is 0.241. The fourth-order valence-corrected chi connectivity index (χ4v) is 4.85. The first kappa shape index (κ1) is 20.7. The number of rotatable bonds is 6. The van der Waals surface area contributed by atoms with Gasteiger partial charge in [0.1, 0.15) is 5.82 Å². The van der Waals surface area contributed by atoms with Crippen molar-refractivity contribution in [2.75, 3.05) is 13.1 Å². The van der Waals surface area contributed by atoms with Crippen molar-refractivity contribution in [2.24, 2.45) is 0 Å². The first-order chi connectivity index (χ1) is 15.8. The molecule has 2 nitrogen and oxygen atoms in total. The van der Waals surface area contributed by atoms with Crippen LogP contribution in [0.2, 0.25) is 0 Å². The van der Waals surface area contributed by atoms with Crippen LogP contribution in [0.25, 0.3) is 11.1 Å². The van der Waals surface area contributed by atoms with Crippen LogP contribution in [0.4, 0.5) is 4.39 Å². The Morgan fingerprint density at radius 1 is 0.688 bits per heavy atom. The van der Waals surface area contributed by atoms with Gasteiger partial charge in [-0.2, -0.15) is 0 Å². The molecule has 3 aromatic carbocycles. The maximum atomic E-state index is 14.1. The Bertz CT molecular complexity index is 1140. The molecule has 1 aliphatic rings. The van der Waals surface area contributed by atoms with Crippen LogP contribution in [0, 0.1) is 5.82 Å². The molecule has 1 aromatic heterocycles. The van der Waals surface area contributed by atoms with Crippen molar-refractivity contribution in [3.05, 3.63) is 120 Å². The van der Waals surface area contributed by atoms with E-state index in [4.69, 9.17) is 0 Å². The largest absolute Gasteiger partial charge is 0.347 e. The van der Waals surface area contributed by atoms with Gasteiger partial charge in [0.15, 0.2) is 0 Å². The molecule has 1 saturated heterocycles. The van der Waals surface area contributed by atoms with Gasteiger partial charge in [0, 0.05) is 36.5 Å². The minimum atomic E-state index is -0.174. The van der Waals surface area contributed by atoms with Crippen molar-refractivity contribution in [2.45, 2.75) is 31.8 Å². The smallest absolute Gasteiger partial charge is 0.131 e. The van der Waals surface area contributed by atoms with Crippen LogP contribution >= 0.6 is 0 Å². The van der Waals surface area contributed by atoms with Gasteiger partial charge in [0.25, 0.3) is 0 Å². The zero-order chi connectivity index (χ0) is 21.8. The van der Waals surface area contributed by atoms with Crippen LogP contribution in [0.5, 0.6) is 0 Å². The summed E-state index contributed by atoms with van der Waals surface area (Å²) in [6.07, 6.45) is 4.59. The third-order valence-electron chi connectivity index (χ3n) is 6.61. The molecule has 32 heavy (non-hydrogen) atoms. The third-order valence-corrected chi connectivity index (χ3v) is 6.61. The van der Waals surface area contributed by atoms with Gasteiger partial charge in [0.05, 0.1) is 0 Å². The molecule has 0 saturated carbocycles. The molecule has 0 spiro atoms. The molecular formula is C29H29FN2. The number of hydrogen-bond donors (Lipinski definition) is 0. The molecular weight excluding hydrogens is 395 g/mol. The molecule has 0 unspecified atom stereocenters. The summed E-state index contributed by atoms with van der Waals surface area (Å²) in [5.74, 6) is 0.432. The maximum Gasteiger partial charge on any atom is 0.131 e. The van der Waals surface area contributed by atoms with Gasteiger partial charge in [-0.15, -0.1) is 0 Å². The highest BCUT2D eigenvalue weighted by Crippen LogP contribution is 2.30. The highest BCUT2D eigenvalue weighted by Gasteiger charge is 2.22. The Kier molecular flexibility index (Phi) is 6.17. The first-order valence-corrected chi connectivity index (χ1v) is 11.5. The molecule has 0 radical (unpaired) electrons. The second kappa shape index (κ2) is 9.54. The topological polar surface area (TPSA) is 8.17 Å². The first-order valence-electron chi connectivity index (χ1n) is 11.5. The van der Waals surface area contributed by atoms with Gasteiger partial charge in [-0.3, -0.25) is 4.90 Å². The number of hydrogen-bond acceptors (Lipinski definition) is 1. The molecule has 162 valence electrons. The zero-order valence-corrected chi connectivity index (χ0v) is 18.3. The van der Waals surface area contributed by atoms with E-state index in [0.29, 0.717) is 11.5 Å². The van der Waals surface area contributed by atoms with Gasteiger partial charge < -0.3 is 4.57 Å². The lowest BCUT2D eigenvalue weighted by Crippen LogP contribution is -2.33. The number of nitrogens with zero attached hydrogens (tertiary/aromatic N) is 2. The van der Waals surface area contributed by atoms with Gasteiger partial charge in [0.2, 0.25) is 0 Å². The molecule has 1 fully saturated rings. The molecule has 5 rings (SSSR count). The van der Waals surface area contributed by atoms with Crippen molar-refractivity contribution in [3.63, 3.8) is 0 Å². The molecule has 2 heterocycles. The van der Waals surface area contributed by atoms with E-state index in [0.717, 1.165) is 31.7 Å². The second-order valence-electron chi connectivity index (χ2n) is 8.77. The molecule has 1 aliphatic heterocycles. The van der Waals surface area contributed by atoms with Crippen LogP contribution in [-0.2, 0) is 13.1 Å². The van der Waals surface area contributed by atoms with Gasteiger partial charge in [-0.05, 0) is 60.8 Å². The summed E-state index contributed by atoms with van der Waals surface area (Å²) in [4.78, 5) is 2.57. The van der Waals surface area contributed by atoms with E-state index in [1.807, 2.05) is 24.3 Å². The quantitative estimate of drug-likeness (QED) is 0.333. The molecule has 3 heteroatoms. The standard InChI is InChI=1S/C29H29FN2/c30-28-10-5-4-9-27(28)25-14-12-24(13-15-25)22-32-18-6-11-29(32)26-16-19-31(20-17-26)21-23-7-2-1-3-8-23/h1-15,18,26H,16-17,19-22H2. The maximum absolute atomic E-state index is 14.1. The Labute approximate surface area is 189 Å². The molecule has 4 aromatic rings. The number of likely N-dealkylation sites (tertiary alicyclic amines) is 1. The van der Waals surface area contributed by atoms with Crippen molar-refractivity contribution in [1.29, 1.82) is 0 Å². The number of piperidine rings is 1. The minimum Gasteiger partial charge on any atom is -0.347 e. The van der Waals surface area contributed by atoms with Crippen molar-refractivity contribution in [1.82, 2.24) is 9.47 Å². The van der Waals surface area contributed by atoms with Crippen LogP contribution in [0.3, 0.4) is 0 Å². The van der Waals surface area contributed by atoms with Crippen molar-refractivity contribution >= 4 is 0 Å². The van der Waals surface area contributed by atoms with Gasteiger partial charge in [-0.1, -0.05) is 72.8 Å². The molecule has 0 bridgehead atoms. The number of halogens is 1. The summed E-state index contributed by atoms with van der Waals surface area (Å²) in [6.45, 7) is 4.18. The third kappa shape index (κ3) is 4.68. The monoisotopic (exact) mass is 424 g/mol. The van der Waals surface area contributed by atoms with Crippen LogP contribution < -0.4 is 0 Å². The normalized spacial score (nSPS) is 15.2. The highest BCUT2D eigenvalue weighted by atomic mass is 19.1. The Morgan fingerprint density at radius 2 is 1.38 bits per heavy atom. The predicted octanol–water partition coefficient (Wildman–Crippen LogP) is 6.72. The summed E-state index contributed by atoms with van der Waals surface area (Å²) in [5.41, 5.74) is 5.65. The second-order valence-corrected chi connectivity index (χ2v) is 8.77. The minimum absolute atomic E-state index is 0.174. The van der Waals surface area contributed by atoms with E-state index in [1.165, 1.54) is 35.7 Å². The van der Waals surface area contributed by atoms with Gasteiger partial charge >= 0.3 is 0 Å². The fourth-order valence-electron chi connectivity index (χ4n) is 4.85. The summed E-state index contributed by atoms with van der Waals surface area (Å²) < 4.78 is 16.5. The summed E-state index contributed by atoms with van der Waals surface area (Å²) in [6, 6.07) is 30.5. The number of benzene rings is 3. The molecule has 0 aliphatic carbocycles. The average Bonchev–Trinajstić information content (AvgIpc) is 3.29. The molecule has 0 atom stereocenters. The van der Waals surface area contributed by atoms with E-state index in [2.05, 4.69) is 70.3 Å². The Morgan fingerprint density at radius 3 is 2.12 bits per heavy atom. The van der Waals surface area contributed by atoms with Crippen LogP contribution in [0.1, 0.15) is 35.6 Å². The van der Waals surface area contributed by atoms with E-state index in [1.54, 1.807) is 6.07 Å². The lowest BCUT2D eigenvalue weighted by Gasteiger charge is -2.32. The average molecular weight is 425 g/mol. The van der Waals surface area contributed by atoms with Crippen molar-refractivity contribution < 1.29 is 4.39 Å². The lowest BCUT2D eigenvalue weighted by atomic mass is 9.93. The zero-order valence-electron chi connectivity index (χ0n) is 18.3. The van der Waals surface area contributed by atoms with Crippen molar-refractivity contribution in [3.8, 4) is 11.1 Å². The summed E-state index contributed by atoms with van der Waals surface area (Å²) >= 11 is 0. The van der Waals surface area contributed by atoms with Crippen LogP contribution in [0.15, 0.2) is 97.2 Å². The van der Waals surface area contributed by atoms with Crippen LogP contribution in [-0.4, -0.2) is 22.6 Å². The summed E-state index contributed by atoms with van der Waals surface area (Å²) in [7, 11) is 0. The highest BCUT2D eigenvalue weighted by molar-refractivity contribution is 5.64. The van der Waals surface area contributed by atoms with E-state index < -0.39 is 0 Å². The van der Waals surface area contributed by atoms with Gasteiger partial charge in [-0.25, -0.2) is 4.39 Å². The number of aromatic nitrogens is 1. The predicted molar refractivity (Wildman–Crippen MR) is 129 cm³/mol. The summed E-state index contributed by atoms with van der Waals surface area (Å²) in [5, 5.41) is 0. The Hall–Kier alpha value is -3.17. The molecule has 0 N–H and O–H groups in total. The lowest BCUT2D eigenvalue weighted by molar-refractivity contribution is 0.202. The SMILES string of the molecule is Fc1ccccc1-c1ccc(Cn2cccc2C2CCN(Cc3ccccc3)CC2)cc1. The Balaban J connectivity index is 1.22. The van der Waals surface area contributed by atoms with E-state index in [-0.39, 0.29) is 5.82 Å².